The molecule has 1 fully saturated rings. The monoisotopic (exact) mass is 351 g/mol. The van der Waals surface area contributed by atoms with Crippen molar-refractivity contribution in [1.29, 1.82) is 0 Å². The van der Waals surface area contributed by atoms with Gasteiger partial charge in [-0.25, -0.2) is 0 Å². The minimum atomic E-state index is -0.300. The van der Waals surface area contributed by atoms with Crippen molar-refractivity contribution < 1.29 is 5.11 Å². The summed E-state index contributed by atoms with van der Waals surface area (Å²) in [5, 5.41) is 22.2. The summed E-state index contributed by atoms with van der Waals surface area (Å²) < 4.78 is 1.97. The number of aliphatic hydroxyl groups is 1. The fourth-order valence-corrected chi connectivity index (χ4v) is 3.72. The molecule has 1 aliphatic heterocycles. The smallest absolute Gasteiger partial charge is 0.0711 e. The minimum Gasteiger partial charge on any atom is -0.391 e. The Labute approximate surface area is 153 Å². The number of aryl methyl sites for hydroxylation is 1. The molecule has 26 heavy (non-hydrogen) atoms. The van der Waals surface area contributed by atoms with Crippen LogP contribution in [0.25, 0.3) is 0 Å². The Kier molecular flexibility index (Phi) is 4.86. The Morgan fingerprint density at radius 3 is 2.77 bits per heavy atom. The number of aliphatic hydroxyl groups excluding tert-OH is 1. The van der Waals surface area contributed by atoms with Crippen LogP contribution in [0.2, 0.25) is 0 Å². The maximum atomic E-state index is 10.4. The lowest BCUT2D eigenvalue weighted by Crippen LogP contribution is -2.21. The third-order valence-electron chi connectivity index (χ3n) is 4.99. The number of hydrogen-bond donors (Lipinski definition) is 2. The maximum absolute atomic E-state index is 10.4. The molecule has 2 aromatic heterocycles. The summed E-state index contributed by atoms with van der Waals surface area (Å²) in [5.41, 5.74) is 4.52. The molecule has 0 aliphatic carbocycles. The lowest BCUT2D eigenvalue weighted by molar-refractivity contribution is 0.140. The van der Waals surface area contributed by atoms with Gasteiger partial charge in [-0.1, -0.05) is 30.3 Å². The van der Waals surface area contributed by atoms with Gasteiger partial charge in [0.2, 0.25) is 0 Å². The number of nitrogens with one attached hydrogen (secondary N) is 1. The summed E-state index contributed by atoms with van der Waals surface area (Å²) in [5.74, 6) is 0.233. The summed E-state index contributed by atoms with van der Waals surface area (Å²) in [4.78, 5) is 2.30. The highest BCUT2D eigenvalue weighted by atomic mass is 16.3. The molecular formula is C20H25N5O. The van der Waals surface area contributed by atoms with Crippen LogP contribution in [-0.4, -0.2) is 49.2 Å². The van der Waals surface area contributed by atoms with Crippen molar-refractivity contribution in [1.82, 2.24) is 24.9 Å². The van der Waals surface area contributed by atoms with Crippen LogP contribution in [0.15, 0.2) is 48.8 Å². The van der Waals surface area contributed by atoms with Crippen molar-refractivity contribution >= 4 is 0 Å². The number of rotatable bonds is 6. The predicted molar refractivity (Wildman–Crippen MR) is 99.6 cm³/mol. The van der Waals surface area contributed by atoms with Gasteiger partial charge in [0.25, 0.3) is 0 Å². The molecule has 4 rings (SSSR count). The second kappa shape index (κ2) is 7.43. The molecular weight excluding hydrogens is 326 g/mol. The molecule has 0 amide bonds. The number of likely N-dealkylation sites (tertiary alicyclic amines) is 1. The van der Waals surface area contributed by atoms with E-state index in [9.17, 15) is 5.11 Å². The molecule has 1 aliphatic rings. The molecule has 2 atom stereocenters. The van der Waals surface area contributed by atoms with Gasteiger partial charge in [0, 0.05) is 43.0 Å². The molecule has 1 saturated heterocycles. The highest BCUT2D eigenvalue weighted by Gasteiger charge is 2.31. The zero-order chi connectivity index (χ0) is 17.9. The zero-order valence-electron chi connectivity index (χ0n) is 15.0. The van der Waals surface area contributed by atoms with Gasteiger partial charge in [-0.15, -0.1) is 0 Å². The van der Waals surface area contributed by atoms with E-state index in [1.54, 1.807) is 0 Å². The number of aromatic amines is 1. The SMILES string of the molecule is Cc1cc(C[C@@H]2CN(Cc3cnn(Cc4ccccc4)c3)C[C@H]2O)n[nH]1. The average Bonchev–Trinajstić information content (AvgIpc) is 3.32. The van der Waals surface area contributed by atoms with E-state index in [2.05, 4.69) is 44.6 Å². The summed E-state index contributed by atoms with van der Waals surface area (Å²) in [7, 11) is 0. The van der Waals surface area contributed by atoms with Crippen LogP contribution in [0, 0.1) is 12.8 Å². The Morgan fingerprint density at radius 1 is 1.15 bits per heavy atom. The molecule has 1 aromatic carbocycles. The van der Waals surface area contributed by atoms with Gasteiger partial charge >= 0.3 is 0 Å². The lowest BCUT2D eigenvalue weighted by atomic mass is 10.0. The number of hydrogen-bond acceptors (Lipinski definition) is 4. The van der Waals surface area contributed by atoms with E-state index in [-0.39, 0.29) is 12.0 Å². The molecule has 6 heteroatoms. The van der Waals surface area contributed by atoms with Gasteiger partial charge in [-0.2, -0.15) is 10.2 Å². The van der Waals surface area contributed by atoms with E-state index >= 15 is 0 Å². The fourth-order valence-electron chi connectivity index (χ4n) is 3.72. The van der Waals surface area contributed by atoms with E-state index in [0.29, 0.717) is 6.54 Å². The van der Waals surface area contributed by atoms with E-state index in [0.717, 1.165) is 37.4 Å². The van der Waals surface area contributed by atoms with E-state index in [1.807, 2.05) is 36.0 Å². The minimum absolute atomic E-state index is 0.233. The van der Waals surface area contributed by atoms with E-state index < -0.39 is 0 Å². The first-order valence-corrected chi connectivity index (χ1v) is 9.12. The average molecular weight is 351 g/mol. The quantitative estimate of drug-likeness (QED) is 0.713. The van der Waals surface area contributed by atoms with Crippen LogP contribution >= 0.6 is 0 Å². The van der Waals surface area contributed by atoms with Crippen LogP contribution in [0.5, 0.6) is 0 Å². The molecule has 0 radical (unpaired) electrons. The molecule has 0 bridgehead atoms. The lowest BCUT2D eigenvalue weighted by Gasteiger charge is -2.13. The second-order valence-corrected chi connectivity index (χ2v) is 7.30. The predicted octanol–water partition coefficient (Wildman–Crippen LogP) is 2.00. The van der Waals surface area contributed by atoms with Crippen LogP contribution in [0.3, 0.4) is 0 Å². The number of nitrogens with zero attached hydrogens (tertiary/aromatic N) is 4. The van der Waals surface area contributed by atoms with Gasteiger partial charge in [0.05, 0.1) is 24.5 Å². The first-order valence-electron chi connectivity index (χ1n) is 9.12. The summed E-state index contributed by atoms with van der Waals surface area (Å²) in [6, 6.07) is 12.4. The molecule has 3 heterocycles. The molecule has 6 nitrogen and oxygen atoms in total. The highest BCUT2D eigenvalue weighted by Crippen LogP contribution is 2.22. The van der Waals surface area contributed by atoms with Crippen molar-refractivity contribution in [3.63, 3.8) is 0 Å². The fraction of sp³-hybridized carbons (Fsp3) is 0.400. The first-order chi connectivity index (χ1) is 12.7. The highest BCUT2D eigenvalue weighted by molar-refractivity contribution is 5.16. The first kappa shape index (κ1) is 17.0. The molecule has 0 saturated carbocycles. The third kappa shape index (κ3) is 4.03. The Hall–Kier alpha value is -2.44. The molecule has 2 N–H and O–H groups in total. The Bertz CT molecular complexity index is 841. The van der Waals surface area contributed by atoms with Gasteiger partial charge < -0.3 is 5.11 Å². The zero-order valence-corrected chi connectivity index (χ0v) is 15.0. The molecule has 136 valence electrons. The Balaban J connectivity index is 1.33. The number of β-amino-alcohol motifs (C(OH)–C–C–N with tert-alkyl or cyclic N) is 1. The van der Waals surface area contributed by atoms with Crippen molar-refractivity contribution in [3.05, 3.63) is 71.3 Å². The summed E-state index contributed by atoms with van der Waals surface area (Å²) in [6.07, 6.45) is 4.55. The topological polar surface area (TPSA) is 70.0 Å². The van der Waals surface area contributed by atoms with Crippen LogP contribution in [0.1, 0.15) is 22.5 Å². The molecule has 0 spiro atoms. The van der Waals surface area contributed by atoms with Crippen LogP contribution in [0.4, 0.5) is 0 Å². The number of aromatic nitrogens is 4. The van der Waals surface area contributed by atoms with Crippen molar-refractivity contribution in [2.75, 3.05) is 13.1 Å². The molecule has 0 unspecified atom stereocenters. The normalized spacial score (nSPS) is 20.7. The molecule has 3 aromatic rings. The number of H-pyrrole nitrogens is 1. The maximum Gasteiger partial charge on any atom is 0.0711 e. The third-order valence-corrected chi connectivity index (χ3v) is 4.99. The van der Waals surface area contributed by atoms with Crippen LogP contribution < -0.4 is 0 Å². The van der Waals surface area contributed by atoms with Crippen molar-refractivity contribution in [3.8, 4) is 0 Å². The van der Waals surface area contributed by atoms with E-state index in [1.165, 1.54) is 11.1 Å². The van der Waals surface area contributed by atoms with Gasteiger partial charge in [0.1, 0.15) is 0 Å². The largest absolute Gasteiger partial charge is 0.391 e. The van der Waals surface area contributed by atoms with Crippen molar-refractivity contribution in [2.45, 2.75) is 32.5 Å². The number of benzene rings is 1. The van der Waals surface area contributed by atoms with Crippen LogP contribution in [-0.2, 0) is 19.5 Å². The van der Waals surface area contributed by atoms with Gasteiger partial charge in [0.15, 0.2) is 0 Å². The summed E-state index contributed by atoms with van der Waals surface area (Å²) in [6.45, 7) is 5.20. The van der Waals surface area contributed by atoms with Crippen molar-refractivity contribution in [2.24, 2.45) is 5.92 Å². The van der Waals surface area contributed by atoms with Gasteiger partial charge in [-0.05, 0) is 25.0 Å². The second-order valence-electron chi connectivity index (χ2n) is 7.30. The van der Waals surface area contributed by atoms with Gasteiger partial charge in [-0.3, -0.25) is 14.7 Å². The van der Waals surface area contributed by atoms with E-state index in [4.69, 9.17) is 0 Å². The standard InChI is InChI=1S/C20H25N5O/c1-15-7-19(23-22-15)8-18-13-24(14-20(18)26)10-17-9-21-25(12-17)11-16-5-3-2-4-6-16/h2-7,9,12,18,20,26H,8,10-11,13-14H2,1H3,(H,22,23)/t18-,20-/m1/s1. The Morgan fingerprint density at radius 2 is 2.00 bits per heavy atom. The summed E-state index contributed by atoms with van der Waals surface area (Å²) >= 11 is 0.